The molecule has 0 spiro atoms. The number of rotatable bonds is 4. The van der Waals surface area contributed by atoms with Gasteiger partial charge in [0.15, 0.2) is 10.8 Å². The predicted octanol–water partition coefficient (Wildman–Crippen LogP) is 3.51. The Kier molecular flexibility index (Phi) is 4.02. The summed E-state index contributed by atoms with van der Waals surface area (Å²) in [5, 5.41) is 10.0. The number of nitrogens with zero attached hydrogens (tertiary/aromatic N) is 2. The lowest BCUT2D eigenvalue weighted by molar-refractivity contribution is -0.0385. The summed E-state index contributed by atoms with van der Waals surface area (Å²) in [4.78, 5) is 18.6. The minimum atomic E-state index is -0.957. The zero-order valence-electron chi connectivity index (χ0n) is 13.5. The number of hydrogen-bond acceptors (Lipinski definition) is 5. The normalized spacial score (nSPS) is 24.1. The highest BCUT2D eigenvalue weighted by molar-refractivity contribution is 7.15. The molecular weight excluding hydrogens is 324 g/mol. The van der Waals surface area contributed by atoms with Crippen LogP contribution in [0.1, 0.15) is 39.9 Å². The molecule has 2 aromatic rings. The van der Waals surface area contributed by atoms with E-state index in [9.17, 15) is 9.90 Å². The summed E-state index contributed by atoms with van der Waals surface area (Å²) in [6.45, 7) is 3.32. The molecule has 5 nitrogen and oxygen atoms in total. The van der Waals surface area contributed by atoms with Gasteiger partial charge in [-0.3, -0.25) is 0 Å². The van der Waals surface area contributed by atoms with Crippen LogP contribution < -0.4 is 4.90 Å². The molecule has 4 rings (SSSR count). The van der Waals surface area contributed by atoms with Gasteiger partial charge in [0.25, 0.3) is 0 Å². The van der Waals surface area contributed by atoms with E-state index in [0.717, 1.165) is 16.6 Å². The molecule has 0 radical (unpaired) electrons. The van der Waals surface area contributed by atoms with Crippen LogP contribution in [0.5, 0.6) is 0 Å². The maximum absolute atomic E-state index is 11.3. The van der Waals surface area contributed by atoms with Crippen molar-refractivity contribution >= 4 is 22.4 Å². The standard InChI is InChI=1S/C18H20N2O3S/c1-11-16(17(21)22)19-18(24-11)20-9-14(12-5-3-2-4-6-12)23-15(10-20)13-7-8-13/h2-6,13-15H,7-10H2,1H3,(H,21,22)/t14-,15+/m0/s1. The molecule has 1 aliphatic carbocycles. The van der Waals surface area contributed by atoms with E-state index >= 15 is 0 Å². The molecular formula is C18H20N2O3S. The van der Waals surface area contributed by atoms with E-state index in [0.29, 0.717) is 12.5 Å². The average Bonchev–Trinajstić information content (AvgIpc) is 3.37. The Balaban J connectivity index is 1.62. The summed E-state index contributed by atoms with van der Waals surface area (Å²) >= 11 is 1.46. The second-order valence-electron chi connectivity index (χ2n) is 6.52. The van der Waals surface area contributed by atoms with Gasteiger partial charge >= 0.3 is 5.97 Å². The topological polar surface area (TPSA) is 62.7 Å². The van der Waals surface area contributed by atoms with Crippen LogP contribution in [0.25, 0.3) is 0 Å². The Morgan fingerprint density at radius 2 is 2.04 bits per heavy atom. The van der Waals surface area contributed by atoms with Crippen LogP contribution in [-0.4, -0.2) is 35.3 Å². The number of anilines is 1. The lowest BCUT2D eigenvalue weighted by Gasteiger charge is -2.38. The summed E-state index contributed by atoms with van der Waals surface area (Å²) in [5.74, 6) is -0.333. The summed E-state index contributed by atoms with van der Waals surface area (Å²) in [6, 6.07) is 10.2. The van der Waals surface area contributed by atoms with Crippen LogP contribution in [-0.2, 0) is 4.74 Å². The lowest BCUT2D eigenvalue weighted by Crippen LogP contribution is -2.45. The smallest absolute Gasteiger partial charge is 0.355 e. The number of thiazole rings is 1. The summed E-state index contributed by atoms with van der Waals surface area (Å²) in [7, 11) is 0. The van der Waals surface area contributed by atoms with Gasteiger partial charge in [-0.25, -0.2) is 9.78 Å². The van der Waals surface area contributed by atoms with Crippen LogP contribution >= 0.6 is 11.3 Å². The highest BCUT2D eigenvalue weighted by Gasteiger charge is 2.39. The first-order chi connectivity index (χ1) is 11.6. The van der Waals surface area contributed by atoms with E-state index in [1.165, 1.54) is 29.7 Å². The largest absolute Gasteiger partial charge is 0.476 e. The molecule has 2 heterocycles. The van der Waals surface area contributed by atoms with E-state index in [4.69, 9.17) is 4.74 Å². The Hall–Kier alpha value is -1.92. The van der Waals surface area contributed by atoms with Crippen LogP contribution in [0.3, 0.4) is 0 Å². The van der Waals surface area contributed by atoms with Crippen molar-refractivity contribution in [1.82, 2.24) is 4.98 Å². The lowest BCUT2D eigenvalue weighted by atomic mass is 10.1. The van der Waals surface area contributed by atoms with Crippen molar-refractivity contribution < 1.29 is 14.6 Å². The molecule has 6 heteroatoms. The van der Waals surface area contributed by atoms with Gasteiger partial charge in [0.2, 0.25) is 0 Å². The third-order valence-corrected chi connectivity index (χ3v) is 5.73. The number of aromatic nitrogens is 1. The van der Waals surface area contributed by atoms with Crippen molar-refractivity contribution in [3.63, 3.8) is 0 Å². The molecule has 1 saturated carbocycles. The van der Waals surface area contributed by atoms with Gasteiger partial charge in [0.1, 0.15) is 6.10 Å². The highest BCUT2D eigenvalue weighted by atomic mass is 32.1. The van der Waals surface area contributed by atoms with Crippen molar-refractivity contribution in [2.75, 3.05) is 18.0 Å². The van der Waals surface area contributed by atoms with Gasteiger partial charge in [-0.2, -0.15) is 0 Å². The second kappa shape index (κ2) is 6.18. The molecule has 1 aromatic carbocycles. The monoisotopic (exact) mass is 344 g/mol. The average molecular weight is 344 g/mol. The van der Waals surface area contributed by atoms with Crippen LogP contribution in [0.4, 0.5) is 5.13 Å². The number of carbonyl (C=O) groups is 1. The third-order valence-electron chi connectivity index (χ3n) is 4.70. The van der Waals surface area contributed by atoms with Gasteiger partial charge in [0.05, 0.1) is 12.6 Å². The Morgan fingerprint density at radius 1 is 1.29 bits per heavy atom. The number of benzene rings is 1. The Labute approximate surface area is 144 Å². The van der Waals surface area contributed by atoms with E-state index < -0.39 is 5.97 Å². The predicted molar refractivity (Wildman–Crippen MR) is 92.8 cm³/mol. The van der Waals surface area contributed by atoms with Gasteiger partial charge in [-0.15, -0.1) is 11.3 Å². The molecule has 0 unspecified atom stereocenters. The maximum atomic E-state index is 11.3. The maximum Gasteiger partial charge on any atom is 0.355 e. The minimum Gasteiger partial charge on any atom is -0.476 e. The quantitative estimate of drug-likeness (QED) is 0.920. The molecule has 2 aliphatic rings. The summed E-state index contributed by atoms with van der Waals surface area (Å²) in [6.07, 6.45) is 2.64. The fraction of sp³-hybridized carbons (Fsp3) is 0.444. The fourth-order valence-electron chi connectivity index (χ4n) is 3.24. The molecule has 1 aromatic heterocycles. The number of aromatic carboxylic acids is 1. The number of carboxylic acids is 1. The number of ether oxygens (including phenoxy) is 1. The first-order valence-electron chi connectivity index (χ1n) is 8.28. The van der Waals surface area contributed by atoms with Crippen molar-refractivity contribution in [3.8, 4) is 0 Å². The van der Waals surface area contributed by atoms with E-state index in [-0.39, 0.29) is 17.9 Å². The van der Waals surface area contributed by atoms with E-state index in [1.807, 2.05) is 25.1 Å². The Bertz CT molecular complexity index is 742. The van der Waals surface area contributed by atoms with E-state index in [2.05, 4.69) is 22.0 Å². The first kappa shape index (κ1) is 15.6. The van der Waals surface area contributed by atoms with Crippen LogP contribution in [0, 0.1) is 12.8 Å². The molecule has 1 aliphatic heterocycles. The molecule has 0 bridgehead atoms. The molecule has 2 atom stereocenters. The fourth-order valence-corrected chi connectivity index (χ4v) is 4.16. The van der Waals surface area contributed by atoms with Gasteiger partial charge in [-0.1, -0.05) is 30.3 Å². The Morgan fingerprint density at radius 3 is 2.67 bits per heavy atom. The number of aryl methyl sites for hydroxylation is 1. The zero-order chi connectivity index (χ0) is 16.7. The van der Waals surface area contributed by atoms with E-state index in [1.54, 1.807) is 0 Å². The molecule has 1 saturated heterocycles. The van der Waals surface area contributed by atoms with Crippen molar-refractivity contribution in [2.45, 2.75) is 32.0 Å². The van der Waals surface area contributed by atoms with Crippen molar-refractivity contribution in [3.05, 3.63) is 46.5 Å². The van der Waals surface area contributed by atoms with Crippen molar-refractivity contribution in [2.24, 2.45) is 5.92 Å². The highest BCUT2D eigenvalue weighted by Crippen LogP contribution is 2.41. The number of carboxylic acid groups (broad SMARTS) is 1. The third kappa shape index (κ3) is 3.03. The number of hydrogen-bond donors (Lipinski definition) is 1. The summed E-state index contributed by atoms with van der Waals surface area (Å²) < 4.78 is 6.35. The molecule has 2 fully saturated rings. The van der Waals surface area contributed by atoms with Gasteiger partial charge in [0, 0.05) is 11.4 Å². The molecule has 126 valence electrons. The minimum absolute atomic E-state index is 0.00281. The van der Waals surface area contributed by atoms with Crippen molar-refractivity contribution in [1.29, 1.82) is 0 Å². The SMILES string of the molecule is Cc1sc(N2C[C@@H](c3ccccc3)O[C@@H](C3CC3)C2)nc1C(=O)O. The van der Waals surface area contributed by atoms with Crippen LogP contribution in [0.2, 0.25) is 0 Å². The first-order valence-corrected chi connectivity index (χ1v) is 9.09. The molecule has 1 N–H and O–H groups in total. The second-order valence-corrected chi connectivity index (χ2v) is 7.70. The van der Waals surface area contributed by atoms with Gasteiger partial charge < -0.3 is 14.7 Å². The summed E-state index contributed by atoms with van der Waals surface area (Å²) in [5.41, 5.74) is 1.33. The van der Waals surface area contributed by atoms with Crippen LogP contribution in [0.15, 0.2) is 30.3 Å². The molecule has 24 heavy (non-hydrogen) atoms. The molecule has 0 amide bonds. The zero-order valence-corrected chi connectivity index (χ0v) is 14.3. The number of morpholine rings is 1. The van der Waals surface area contributed by atoms with Gasteiger partial charge in [-0.05, 0) is 31.2 Å².